The molecule has 1 fully saturated rings. The van der Waals surface area contributed by atoms with Crippen LogP contribution in [0.2, 0.25) is 0 Å². The Morgan fingerprint density at radius 2 is 1.72 bits per heavy atom. The van der Waals surface area contributed by atoms with E-state index in [2.05, 4.69) is 0 Å². The summed E-state index contributed by atoms with van der Waals surface area (Å²) in [4.78, 5) is 36.3. The zero-order chi connectivity index (χ0) is 13.4. The molecule has 0 bridgehead atoms. The summed E-state index contributed by atoms with van der Waals surface area (Å²) >= 11 is 0. The second-order valence-electron chi connectivity index (χ2n) is 5.09. The Balaban J connectivity index is 2.16. The molecule has 0 aromatic rings. The van der Waals surface area contributed by atoms with Gasteiger partial charge in [-0.15, -0.1) is 0 Å². The summed E-state index contributed by atoms with van der Waals surface area (Å²) < 4.78 is 0. The van der Waals surface area contributed by atoms with E-state index in [1.807, 2.05) is 0 Å². The summed E-state index contributed by atoms with van der Waals surface area (Å²) in [5, 5.41) is 9.04. The highest BCUT2D eigenvalue weighted by molar-refractivity contribution is 6.19. The predicted molar refractivity (Wildman–Crippen MR) is 63.6 cm³/mol. The molecule has 5 heteroatoms. The van der Waals surface area contributed by atoms with Crippen LogP contribution in [0.5, 0.6) is 0 Å². The van der Waals surface area contributed by atoms with E-state index in [1.54, 1.807) is 13.8 Å². The van der Waals surface area contributed by atoms with Crippen molar-refractivity contribution in [2.24, 2.45) is 5.92 Å². The summed E-state index contributed by atoms with van der Waals surface area (Å²) in [6.45, 7) is 3.29. The maximum atomic E-state index is 12.0. The highest BCUT2D eigenvalue weighted by atomic mass is 16.4. The molecular weight excluding hydrogens is 234 g/mol. The van der Waals surface area contributed by atoms with Crippen molar-refractivity contribution in [3.63, 3.8) is 0 Å². The number of rotatable bonds is 2. The Labute approximate surface area is 105 Å². The van der Waals surface area contributed by atoms with Gasteiger partial charge in [-0.25, -0.2) is 0 Å². The van der Waals surface area contributed by atoms with Crippen LogP contribution >= 0.6 is 0 Å². The molecule has 5 nitrogen and oxygen atoms in total. The van der Waals surface area contributed by atoms with E-state index >= 15 is 0 Å². The van der Waals surface area contributed by atoms with Crippen LogP contribution in [-0.2, 0) is 14.4 Å². The van der Waals surface area contributed by atoms with Crippen molar-refractivity contribution in [3.8, 4) is 0 Å². The molecule has 0 spiro atoms. The Morgan fingerprint density at radius 1 is 1.17 bits per heavy atom. The lowest BCUT2D eigenvalue weighted by molar-refractivity contribution is -0.148. The fourth-order valence-electron chi connectivity index (χ4n) is 2.73. The largest absolute Gasteiger partial charge is 0.481 e. The Morgan fingerprint density at radius 3 is 2.22 bits per heavy atom. The molecule has 1 saturated carbocycles. The Kier molecular flexibility index (Phi) is 3.24. The smallest absolute Gasteiger partial charge is 0.306 e. The molecular formula is C13H17NO4. The number of carbonyl (C=O) groups is 3. The van der Waals surface area contributed by atoms with Gasteiger partial charge in [-0.1, -0.05) is 6.42 Å². The topological polar surface area (TPSA) is 74.7 Å². The van der Waals surface area contributed by atoms with Gasteiger partial charge < -0.3 is 5.11 Å². The summed E-state index contributed by atoms with van der Waals surface area (Å²) in [7, 11) is 0. The van der Waals surface area contributed by atoms with Gasteiger partial charge in [0.15, 0.2) is 0 Å². The molecule has 2 aliphatic rings. The van der Waals surface area contributed by atoms with E-state index in [1.165, 1.54) is 4.90 Å². The SMILES string of the molecule is CC1=C(C)C(=O)N(C2CCCC(C(=O)O)C2)C1=O. The van der Waals surface area contributed by atoms with E-state index in [4.69, 9.17) is 5.11 Å². The van der Waals surface area contributed by atoms with E-state index in [0.29, 0.717) is 30.4 Å². The van der Waals surface area contributed by atoms with Gasteiger partial charge >= 0.3 is 5.97 Å². The lowest BCUT2D eigenvalue weighted by atomic mass is 9.85. The van der Waals surface area contributed by atoms with E-state index in [9.17, 15) is 14.4 Å². The number of nitrogens with zero attached hydrogens (tertiary/aromatic N) is 1. The van der Waals surface area contributed by atoms with Crippen molar-refractivity contribution < 1.29 is 19.5 Å². The van der Waals surface area contributed by atoms with Crippen LogP contribution in [0.4, 0.5) is 0 Å². The van der Waals surface area contributed by atoms with Gasteiger partial charge in [0.25, 0.3) is 11.8 Å². The third-order valence-electron chi connectivity index (χ3n) is 4.00. The normalized spacial score (nSPS) is 29.1. The van der Waals surface area contributed by atoms with Crippen molar-refractivity contribution in [1.82, 2.24) is 4.90 Å². The monoisotopic (exact) mass is 251 g/mol. The molecule has 1 aliphatic heterocycles. The standard InChI is InChI=1S/C13H17NO4/c1-7-8(2)12(16)14(11(7)15)10-5-3-4-9(6-10)13(17)18/h9-10H,3-6H2,1-2H3,(H,17,18). The van der Waals surface area contributed by atoms with Crippen LogP contribution in [0.15, 0.2) is 11.1 Å². The molecule has 0 aromatic carbocycles. The molecule has 98 valence electrons. The van der Waals surface area contributed by atoms with Gasteiger partial charge in [0.05, 0.1) is 5.92 Å². The van der Waals surface area contributed by atoms with Gasteiger partial charge in [0.2, 0.25) is 0 Å². The number of carboxylic acids is 1. The summed E-state index contributed by atoms with van der Waals surface area (Å²) in [6.07, 6.45) is 2.47. The molecule has 0 saturated heterocycles. The first-order chi connectivity index (χ1) is 8.43. The number of imide groups is 1. The van der Waals surface area contributed by atoms with Crippen LogP contribution in [-0.4, -0.2) is 33.8 Å². The maximum absolute atomic E-state index is 12.0. The first kappa shape index (κ1) is 12.8. The number of hydrogen-bond acceptors (Lipinski definition) is 3. The fraction of sp³-hybridized carbons (Fsp3) is 0.615. The lowest BCUT2D eigenvalue weighted by Crippen LogP contribution is -2.44. The second kappa shape index (κ2) is 4.55. The molecule has 2 atom stereocenters. The van der Waals surface area contributed by atoms with Crippen LogP contribution in [0.1, 0.15) is 39.5 Å². The minimum atomic E-state index is -0.833. The first-order valence-corrected chi connectivity index (χ1v) is 6.21. The quantitative estimate of drug-likeness (QED) is 0.751. The van der Waals surface area contributed by atoms with Crippen molar-refractivity contribution in [1.29, 1.82) is 0 Å². The van der Waals surface area contributed by atoms with Gasteiger partial charge in [0.1, 0.15) is 0 Å². The van der Waals surface area contributed by atoms with Crippen LogP contribution in [0.3, 0.4) is 0 Å². The molecule has 1 aliphatic carbocycles. The number of carbonyl (C=O) groups excluding carboxylic acids is 2. The highest BCUT2D eigenvalue weighted by Crippen LogP contribution is 2.32. The number of amides is 2. The molecule has 0 aromatic heterocycles. The Bertz CT molecular complexity index is 428. The minimum Gasteiger partial charge on any atom is -0.481 e. The van der Waals surface area contributed by atoms with Crippen molar-refractivity contribution in [2.45, 2.75) is 45.6 Å². The predicted octanol–water partition coefficient (Wildman–Crippen LogP) is 1.34. The van der Waals surface area contributed by atoms with Crippen molar-refractivity contribution in [2.75, 3.05) is 0 Å². The minimum absolute atomic E-state index is 0.256. The highest BCUT2D eigenvalue weighted by Gasteiger charge is 2.41. The van der Waals surface area contributed by atoms with Crippen LogP contribution in [0, 0.1) is 5.92 Å². The number of carboxylic acid groups (broad SMARTS) is 1. The molecule has 2 unspecified atom stereocenters. The fourth-order valence-corrected chi connectivity index (χ4v) is 2.73. The van der Waals surface area contributed by atoms with Gasteiger partial charge in [-0.05, 0) is 33.1 Å². The van der Waals surface area contributed by atoms with Gasteiger partial charge in [-0.2, -0.15) is 0 Å². The first-order valence-electron chi connectivity index (χ1n) is 6.21. The summed E-state index contributed by atoms with van der Waals surface area (Å²) in [5.41, 5.74) is 0.967. The third-order valence-corrected chi connectivity index (χ3v) is 4.00. The average Bonchev–Trinajstić information content (AvgIpc) is 2.54. The second-order valence-corrected chi connectivity index (χ2v) is 5.09. The molecule has 0 radical (unpaired) electrons. The van der Waals surface area contributed by atoms with Crippen LogP contribution in [0.25, 0.3) is 0 Å². The zero-order valence-corrected chi connectivity index (χ0v) is 10.6. The van der Waals surface area contributed by atoms with Gasteiger partial charge in [0, 0.05) is 17.2 Å². The average molecular weight is 251 g/mol. The van der Waals surface area contributed by atoms with Crippen LogP contribution < -0.4 is 0 Å². The molecule has 1 N–H and O–H groups in total. The molecule has 18 heavy (non-hydrogen) atoms. The van der Waals surface area contributed by atoms with E-state index < -0.39 is 11.9 Å². The molecule has 2 rings (SSSR count). The molecule has 2 amide bonds. The number of hydrogen-bond donors (Lipinski definition) is 1. The summed E-state index contributed by atoms with van der Waals surface area (Å²) in [5.74, 6) is -1.78. The third kappa shape index (κ3) is 1.94. The van der Waals surface area contributed by atoms with E-state index in [0.717, 1.165) is 6.42 Å². The van der Waals surface area contributed by atoms with Crippen molar-refractivity contribution >= 4 is 17.8 Å². The van der Waals surface area contributed by atoms with E-state index in [-0.39, 0.29) is 17.9 Å². The zero-order valence-electron chi connectivity index (χ0n) is 10.6. The number of aliphatic carboxylic acids is 1. The lowest BCUT2D eigenvalue weighted by Gasteiger charge is -2.32. The molecule has 1 heterocycles. The van der Waals surface area contributed by atoms with Gasteiger partial charge in [-0.3, -0.25) is 19.3 Å². The maximum Gasteiger partial charge on any atom is 0.306 e. The summed E-state index contributed by atoms with van der Waals surface area (Å²) in [6, 6.07) is -0.257. The Hall–Kier alpha value is -1.65. The van der Waals surface area contributed by atoms with Crippen molar-refractivity contribution in [3.05, 3.63) is 11.1 Å².